The monoisotopic (exact) mass is 274 g/mol. The molecule has 1 N–H and O–H groups in total. The molecule has 5 nitrogen and oxygen atoms in total. The minimum Gasteiger partial charge on any atom is -0.481 e. The Labute approximate surface area is 118 Å². The van der Waals surface area contributed by atoms with Gasteiger partial charge < -0.3 is 14.7 Å². The zero-order chi connectivity index (χ0) is 14.5. The van der Waals surface area contributed by atoms with Gasteiger partial charge >= 0.3 is 0 Å². The first-order valence-electron chi connectivity index (χ1n) is 6.70. The molecule has 20 heavy (non-hydrogen) atoms. The Bertz CT molecular complexity index is 507. The van der Waals surface area contributed by atoms with Crippen LogP contribution in [-0.2, 0) is 4.79 Å². The van der Waals surface area contributed by atoms with Crippen LogP contribution in [0.5, 0.6) is 5.75 Å². The molecule has 0 aromatic heterocycles. The maximum atomic E-state index is 12.2. The molecular weight excluding hydrogens is 256 g/mol. The van der Waals surface area contributed by atoms with Gasteiger partial charge in [-0.15, -0.1) is 0 Å². The summed E-state index contributed by atoms with van der Waals surface area (Å²) in [5, 5.41) is 17.8. The summed E-state index contributed by atoms with van der Waals surface area (Å²) in [5.74, 6) is 0.689. The van der Waals surface area contributed by atoms with Gasteiger partial charge in [0, 0.05) is 25.6 Å². The smallest absolute Gasteiger partial charge is 0.263 e. The number of amides is 1. The number of likely N-dealkylation sites (tertiary alicyclic amines) is 1. The Hall–Kier alpha value is -2.06. The number of rotatable bonds is 4. The lowest BCUT2D eigenvalue weighted by molar-refractivity contribution is -0.137. The molecule has 1 aliphatic heterocycles. The molecule has 0 spiro atoms. The largest absolute Gasteiger partial charge is 0.481 e. The van der Waals surface area contributed by atoms with Gasteiger partial charge in [0.2, 0.25) is 0 Å². The van der Waals surface area contributed by atoms with Gasteiger partial charge in [0.05, 0.1) is 11.6 Å². The van der Waals surface area contributed by atoms with Gasteiger partial charge in [0.1, 0.15) is 5.75 Å². The van der Waals surface area contributed by atoms with E-state index in [9.17, 15) is 4.79 Å². The molecule has 1 aliphatic rings. The molecule has 2 atom stereocenters. The SMILES string of the molecule is CC(Oc1ccc(C#N)cc1)C(=O)N1CCC(CO)C1. The number of aliphatic hydroxyl groups is 1. The van der Waals surface area contributed by atoms with E-state index in [1.165, 1.54) is 0 Å². The van der Waals surface area contributed by atoms with Crippen LogP contribution in [0.25, 0.3) is 0 Å². The molecule has 2 rings (SSSR count). The Kier molecular flexibility index (Phi) is 4.59. The predicted octanol–water partition coefficient (Wildman–Crippen LogP) is 1.17. The maximum Gasteiger partial charge on any atom is 0.263 e. The molecule has 1 saturated heterocycles. The van der Waals surface area contributed by atoms with Crippen molar-refractivity contribution in [3.63, 3.8) is 0 Å². The van der Waals surface area contributed by atoms with Crippen molar-refractivity contribution in [3.8, 4) is 11.8 Å². The van der Waals surface area contributed by atoms with Crippen molar-refractivity contribution in [2.45, 2.75) is 19.4 Å². The lowest BCUT2D eigenvalue weighted by Crippen LogP contribution is -2.39. The van der Waals surface area contributed by atoms with Gasteiger partial charge in [0.15, 0.2) is 6.10 Å². The van der Waals surface area contributed by atoms with Crippen molar-refractivity contribution >= 4 is 5.91 Å². The molecular formula is C15H18N2O3. The van der Waals surface area contributed by atoms with E-state index in [-0.39, 0.29) is 18.4 Å². The van der Waals surface area contributed by atoms with Gasteiger partial charge in [-0.2, -0.15) is 5.26 Å². The molecule has 1 amide bonds. The Balaban J connectivity index is 1.92. The third-order valence-corrected chi connectivity index (χ3v) is 3.50. The zero-order valence-electron chi connectivity index (χ0n) is 11.5. The lowest BCUT2D eigenvalue weighted by Gasteiger charge is -2.21. The molecule has 0 radical (unpaired) electrons. The number of aliphatic hydroxyl groups excluding tert-OH is 1. The third-order valence-electron chi connectivity index (χ3n) is 3.50. The Morgan fingerprint density at radius 2 is 2.25 bits per heavy atom. The van der Waals surface area contributed by atoms with Crippen molar-refractivity contribution < 1.29 is 14.6 Å². The summed E-state index contributed by atoms with van der Waals surface area (Å²) < 4.78 is 5.59. The Morgan fingerprint density at radius 3 is 2.80 bits per heavy atom. The fraction of sp³-hybridized carbons (Fsp3) is 0.467. The van der Waals surface area contributed by atoms with Crippen LogP contribution in [0.2, 0.25) is 0 Å². The highest BCUT2D eigenvalue weighted by Crippen LogP contribution is 2.19. The molecule has 5 heteroatoms. The fourth-order valence-corrected chi connectivity index (χ4v) is 2.30. The molecule has 0 bridgehead atoms. The number of ether oxygens (including phenoxy) is 1. The van der Waals surface area contributed by atoms with Crippen molar-refractivity contribution in [3.05, 3.63) is 29.8 Å². The first-order chi connectivity index (χ1) is 9.63. The molecule has 1 aromatic carbocycles. The second-order valence-electron chi connectivity index (χ2n) is 5.02. The van der Waals surface area contributed by atoms with Crippen LogP contribution in [0.3, 0.4) is 0 Å². The summed E-state index contributed by atoms with van der Waals surface area (Å²) in [5.41, 5.74) is 0.557. The first-order valence-corrected chi connectivity index (χ1v) is 6.70. The van der Waals surface area contributed by atoms with E-state index in [0.717, 1.165) is 6.42 Å². The van der Waals surface area contributed by atoms with E-state index in [1.807, 2.05) is 6.07 Å². The zero-order valence-corrected chi connectivity index (χ0v) is 11.5. The third kappa shape index (κ3) is 3.28. The van der Waals surface area contributed by atoms with Crippen LogP contribution >= 0.6 is 0 Å². The van der Waals surface area contributed by atoms with Crippen molar-refractivity contribution in [1.82, 2.24) is 4.90 Å². The topological polar surface area (TPSA) is 73.6 Å². The number of hydrogen-bond donors (Lipinski definition) is 1. The minimum atomic E-state index is -0.569. The van der Waals surface area contributed by atoms with E-state index in [4.69, 9.17) is 15.1 Å². The quantitative estimate of drug-likeness (QED) is 0.894. The molecule has 1 heterocycles. The number of carbonyl (C=O) groups is 1. The van der Waals surface area contributed by atoms with E-state index >= 15 is 0 Å². The van der Waals surface area contributed by atoms with Gasteiger partial charge in [0.25, 0.3) is 5.91 Å². The molecule has 1 fully saturated rings. The maximum absolute atomic E-state index is 12.2. The van der Waals surface area contributed by atoms with Crippen LogP contribution in [-0.4, -0.2) is 41.7 Å². The molecule has 1 aromatic rings. The minimum absolute atomic E-state index is 0.0645. The number of benzene rings is 1. The van der Waals surface area contributed by atoms with Gasteiger partial charge in [-0.25, -0.2) is 0 Å². The van der Waals surface area contributed by atoms with E-state index in [0.29, 0.717) is 24.4 Å². The summed E-state index contributed by atoms with van der Waals surface area (Å²) in [6.45, 7) is 3.10. The summed E-state index contributed by atoms with van der Waals surface area (Å²) in [6, 6.07) is 8.71. The number of nitrogens with zero attached hydrogens (tertiary/aromatic N) is 2. The predicted molar refractivity (Wildman–Crippen MR) is 73.0 cm³/mol. The van der Waals surface area contributed by atoms with Crippen LogP contribution in [0.15, 0.2) is 24.3 Å². The van der Waals surface area contributed by atoms with E-state index in [1.54, 1.807) is 36.1 Å². The van der Waals surface area contributed by atoms with Gasteiger partial charge in [-0.1, -0.05) is 0 Å². The summed E-state index contributed by atoms with van der Waals surface area (Å²) in [6.07, 6.45) is 0.270. The second kappa shape index (κ2) is 6.40. The van der Waals surface area contributed by atoms with Crippen LogP contribution < -0.4 is 4.74 Å². The Morgan fingerprint density at radius 1 is 1.55 bits per heavy atom. The first kappa shape index (κ1) is 14.4. The highest BCUT2D eigenvalue weighted by molar-refractivity contribution is 5.81. The molecule has 0 saturated carbocycles. The normalized spacial score (nSPS) is 19.4. The summed E-state index contributed by atoms with van der Waals surface area (Å²) in [7, 11) is 0. The molecule has 106 valence electrons. The van der Waals surface area contributed by atoms with Crippen molar-refractivity contribution in [2.75, 3.05) is 19.7 Å². The van der Waals surface area contributed by atoms with E-state index in [2.05, 4.69) is 0 Å². The van der Waals surface area contributed by atoms with Crippen LogP contribution in [0.4, 0.5) is 0 Å². The second-order valence-corrected chi connectivity index (χ2v) is 5.02. The van der Waals surface area contributed by atoms with Crippen LogP contribution in [0, 0.1) is 17.2 Å². The number of carbonyl (C=O) groups excluding carboxylic acids is 1. The fourth-order valence-electron chi connectivity index (χ4n) is 2.30. The standard InChI is InChI=1S/C15H18N2O3/c1-11(15(19)17-7-6-13(9-17)10-18)20-14-4-2-12(8-16)3-5-14/h2-5,11,13,18H,6-7,9-10H2,1H3. The van der Waals surface area contributed by atoms with Crippen LogP contribution in [0.1, 0.15) is 18.9 Å². The summed E-state index contributed by atoms with van der Waals surface area (Å²) in [4.78, 5) is 13.9. The average molecular weight is 274 g/mol. The highest BCUT2D eigenvalue weighted by Gasteiger charge is 2.29. The van der Waals surface area contributed by atoms with Crippen molar-refractivity contribution in [2.24, 2.45) is 5.92 Å². The van der Waals surface area contributed by atoms with Crippen molar-refractivity contribution in [1.29, 1.82) is 5.26 Å². The summed E-state index contributed by atoms with van der Waals surface area (Å²) >= 11 is 0. The lowest BCUT2D eigenvalue weighted by atomic mass is 10.1. The molecule has 2 unspecified atom stereocenters. The average Bonchev–Trinajstić information content (AvgIpc) is 2.96. The molecule has 0 aliphatic carbocycles. The van der Waals surface area contributed by atoms with Gasteiger partial charge in [-0.3, -0.25) is 4.79 Å². The number of hydrogen-bond acceptors (Lipinski definition) is 4. The highest BCUT2D eigenvalue weighted by atomic mass is 16.5. The van der Waals surface area contributed by atoms with Gasteiger partial charge in [-0.05, 0) is 37.6 Å². The number of nitriles is 1. The van der Waals surface area contributed by atoms with E-state index < -0.39 is 6.10 Å².